The molecule has 4 N–H and O–H groups in total. The number of rotatable bonds is 9. The third kappa shape index (κ3) is 4.78. The zero-order valence-electron chi connectivity index (χ0n) is 18.1. The van der Waals surface area contributed by atoms with Gasteiger partial charge in [-0.1, -0.05) is 17.7 Å². The van der Waals surface area contributed by atoms with Crippen LogP contribution in [0.1, 0.15) is 29.5 Å². The smallest absolute Gasteiger partial charge is 0.266 e. The van der Waals surface area contributed by atoms with Gasteiger partial charge in [-0.15, -0.1) is 0 Å². The fourth-order valence-corrected chi connectivity index (χ4v) is 3.96. The van der Waals surface area contributed by atoms with Gasteiger partial charge >= 0.3 is 0 Å². The number of nitrogens with one attached hydrogen (secondary N) is 3. The molecule has 2 aromatic heterocycles. The Bertz CT molecular complexity index is 1310. The first-order valence-corrected chi connectivity index (χ1v) is 11.1. The zero-order valence-corrected chi connectivity index (χ0v) is 18.8. The lowest BCUT2D eigenvalue weighted by atomic mass is 10.1. The van der Waals surface area contributed by atoms with Crippen LogP contribution in [0.15, 0.2) is 47.5 Å². The second kappa shape index (κ2) is 10.0. The van der Waals surface area contributed by atoms with Crippen molar-refractivity contribution in [3.63, 3.8) is 0 Å². The number of pyridine rings is 2. The summed E-state index contributed by atoms with van der Waals surface area (Å²) in [6.07, 6.45) is 5.80. The SMILES string of the molecule is N#Cc1cnc(NC(CO)C2CC2)cc1-n1ccc(NCc2c(F)cccc2Cl)c(C=N)c1=O. The lowest BCUT2D eigenvalue weighted by molar-refractivity contribution is 0.263. The zero-order chi connectivity index (χ0) is 24.2. The van der Waals surface area contributed by atoms with Gasteiger partial charge in [-0.25, -0.2) is 9.37 Å². The monoisotopic (exact) mass is 480 g/mol. The van der Waals surface area contributed by atoms with E-state index in [2.05, 4.69) is 15.6 Å². The Morgan fingerprint density at radius 3 is 2.85 bits per heavy atom. The predicted octanol–water partition coefficient (Wildman–Crippen LogP) is 3.69. The van der Waals surface area contributed by atoms with E-state index in [0.717, 1.165) is 19.1 Å². The molecule has 1 saturated carbocycles. The molecule has 0 bridgehead atoms. The summed E-state index contributed by atoms with van der Waals surface area (Å²) in [5, 5.41) is 33.3. The minimum atomic E-state index is -0.533. The first kappa shape index (κ1) is 23.4. The van der Waals surface area contributed by atoms with Crippen LogP contribution in [-0.4, -0.2) is 33.5 Å². The summed E-state index contributed by atoms with van der Waals surface area (Å²) in [5.74, 6) is 0.318. The van der Waals surface area contributed by atoms with Crippen LogP contribution >= 0.6 is 11.6 Å². The number of halogens is 2. The number of aromatic nitrogens is 2. The van der Waals surface area contributed by atoms with Crippen LogP contribution < -0.4 is 16.2 Å². The van der Waals surface area contributed by atoms with Gasteiger partial charge < -0.3 is 21.1 Å². The van der Waals surface area contributed by atoms with E-state index in [1.54, 1.807) is 18.2 Å². The lowest BCUT2D eigenvalue weighted by Crippen LogP contribution is -2.27. The first-order chi connectivity index (χ1) is 16.5. The highest BCUT2D eigenvalue weighted by molar-refractivity contribution is 6.31. The largest absolute Gasteiger partial charge is 0.394 e. The van der Waals surface area contributed by atoms with Crippen molar-refractivity contribution in [1.29, 1.82) is 10.7 Å². The van der Waals surface area contributed by atoms with Crippen LogP contribution in [0, 0.1) is 28.5 Å². The molecular formula is C24H22ClFN6O2. The summed E-state index contributed by atoms with van der Waals surface area (Å²) in [5.41, 5.74) is 0.551. The average Bonchev–Trinajstić information content (AvgIpc) is 3.68. The van der Waals surface area contributed by atoms with Gasteiger partial charge in [0.25, 0.3) is 5.56 Å². The molecule has 174 valence electrons. The van der Waals surface area contributed by atoms with Crippen LogP contribution in [0.25, 0.3) is 5.69 Å². The van der Waals surface area contributed by atoms with Gasteiger partial charge in [-0.05, 0) is 37.0 Å². The summed E-state index contributed by atoms with van der Waals surface area (Å²) in [4.78, 5) is 17.5. The Labute approximate surface area is 200 Å². The number of aliphatic hydroxyl groups excluding tert-OH is 1. The van der Waals surface area contributed by atoms with E-state index >= 15 is 0 Å². The fourth-order valence-electron chi connectivity index (χ4n) is 3.73. The quantitative estimate of drug-likeness (QED) is 0.346. The molecule has 1 fully saturated rings. The van der Waals surface area contributed by atoms with E-state index in [0.29, 0.717) is 23.1 Å². The van der Waals surface area contributed by atoms with Gasteiger partial charge in [0.15, 0.2) is 0 Å². The summed E-state index contributed by atoms with van der Waals surface area (Å²) in [7, 11) is 0. The molecule has 0 radical (unpaired) electrons. The Morgan fingerprint density at radius 2 is 2.21 bits per heavy atom. The second-order valence-electron chi connectivity index (χ2n) is 7.99. The number of nitrogens with zero attached hydrogens (tertiary/aromatic N) is 3. The predicted molar refractivity (Wildman–Crippen MR) is 128 cm³/mol. The average molecular weight is 481 g/mol. The summed E-state index contributed by atoms with van der Waals surface area (Å²) < 4.78 is 15.4. The van der Waals surface area contributed by atoms with Crippen LogP contribution in [0.2, 0.25) is 5.02 Å². The highest BCUT2D eigenvalue weighted by atomic mass is 35.5. The maximum absolute atomic E-state index is 14.1. The molecule has 1 aromatic carbocycles. The van der Waals surface area contributed by atoms with Gasteiger partial charge in [0.1, 0.15) is 17.7 Å². The van der Waals surface area contributed by atoms with E-state index < -0.39 is 11.4 Å². The van der Waals surface area contributed by atoms with Gasteiger partial charge in [0.05, 0.1) is 35.2 Å². The minimum absolute atomic E-state index is 0.0201. The van der Waals surface area contributed by atoms with E-state index in [9.17, 15) is 19.6 Å². The molecule has 0 amide bonds. The van der Waals surface area contributed by atoms with Crippen LogP contribution in [-0.2, 0) is 6.54 Å². The van der Waals surface area contributed by atoms with Gasteiger partial charge in [0.2, 0.25) is 0 Å². The van der Waals surface area contributed by atoms with Crippen LogP contribution in [0.5, 0.6) is 0 Å². The van der Waals surface area contributed by atoms with Crippen molar-refractivity contribution in [3.05, 3.63) is 80.6 Å². The van der Waals surface area contributed by atoms with Crippen molar-refractivity contribution in [1.82, 2.24) is 9.55 Å². The molecule has 34 heavy (non-hydrogen) atoms. The molecule has 1 aliphatic carbocycles. The number of nitriles is 1. The van der Waals surface area contributed by atoms with E-state index in [4.69, 9.17) is 17.0 Å². The van der Waals surface area contributed by atoms with Gasteiger partial charge in [-0.2, -0.15) is 5.26 Å². The number of hydrogen-bond acceptors (Lipinski definition) is 7. The highest BCUT2D eigenvalue weighted by Crippen LogP contribution is 2.34. The Hall–Kier alpha value is -3.74. The van der Waals surface area contributed by atoms with Gasteiger partial charge in [-0.3, -0.25) is 9.36 Å². The van der Waals surface area contributed by atoms with Crippen molar-refractivity contribution in [2.75, 3.05) is 17.2 Å². The third-order valence-corrected chi connectivity index (χ3v) is 6.13. The number of hydrogen-bond donors (Lipinski definition) is 4. The molecule has 8 nitrogen and oxygen atoms in total. The molecular weight excluding hydrogens is 459 g/mol. The number of anilines is 2. The molecule has 1 aliphatic rings. The van der Waals surface area contributed by atoms with E-state index in [-0.39, 0.29) is 40.9 Å². The van der Waals surface area contributed by atoms with E-state index in [1.165, 1.54) is 29.1 Å². The lowest BCUT2D eigenvalue weighted by Gasteiger charge is -2.18. The molecule has 0 aliphatic heterocycles. The van der Waals surface area contributed by atoms with Gasteiger partial charge in [0, 0.05) is 41.8 Å². The number of aliphatic hydroxyl groups is 1. The van der Waals surface area contributed by atoms with Crippen molar-refractivity contribution in [3.8, 4) is 11.8 Å². The Balaban J connectivity index is 1.67. The molecule has 0 saturated heterocycles. The molecule has 4 rings (SSSR count). The molecule has 3 aromatic rings. The molecule has 10 heteroatoms. The summed E-state index contributed by atoms with van der Waals surface area (Å²) in [6.45, 7) is -0.0295. The van der Waals surface area contributed by atoms with Crippen LogP contribution in [0.4, 0.5) is 15.9 Å². The Morgan fingerprint density at radius 1 is 1.41 bits per heavy atom. The topological polar surface area (TPSA) is 127 Å². The standard InChI is InChI=1S/C24H22ClFN6O2/c25-18-2-1-3-19(26)17(18)12-29-20-6-7-32(24(34)16(20)10-28)22-8-23(30-11-15(22)9-27)31-21(13-33)14-4-5-14/h1-3,6-8,10-11,14,21,28-29,33H,4-5,12-13H2,(H,30,31). The van der Waals surface area contributed by atoms with Crippen LogP contribution in [0.3, 0.4) is 0 Å². The maximum atomic E-state index is 14.1. The second-order valence-corrected chi connectivity index (χ2v) is 8.39. The van der Waals surface area contributed by atoms with Crippen molar-refractivity contribution in [2.45, 2.75) is 25.4 Å². The first-order valence-electron chi connectivity index (χ1n) is 10.7. The normalized spacial score (nSPS) is 13.7. The van der Waals surface area contributed by atoms with Crippen molar-refractivity contribution < 1.29 is 9.50 Å². The molecule has 2 heterocycles. The number of benzene rings is 1. The maximum Gasteiger partial charge on any atom is 0.266 e. The molecule has 1 atom stereocenters. The fraction of sp³-hybridized carbons (Fsp3) is 0.250. The minimum Gasteiger partial charge on any atom is -0.394 e. The molecule has 1 unspecified atom stereocenters. The van der Waals surface area contributed by atoms with E-state index in [1.807, 2.05) is 6.07 Å². The third-order valence-electron chi connectivity index (χ3n) is 5.77. The van der Waals surface area contributed by atoms with Crippen molar-refractivity contribution in [2.24, 2.45) is 5.92 Å². The molecule has 0 spiro atoms. The Kier molecular flexibility index (Phi) is 6.91. The van der Waals surface area contributed by atoms with Crippen molar-refractivity contribution >= 4 is 29.3 Å². The summed E-state index contributed by atoms with van der Waals surface area (Å²) >= 11 is 6.08. The summed E-state index contributed by atoms with van der Waals surface area (Å²) in [6, 6.07) is 9.40. The highest BCUT2D eigenvalue weighted by Gasteiger charge is 2.31.